The molecule has 0 aliphatic rings. The van der Waals surface area contributed by atoms with E-state index < -0.39 is 0 Å². The van der Waals surface area contributed by atoms with Crippen molar-refractivity contribution in [3.05, 3.63) is 5.01 Å². The largest absolute Gasteiger partial charge is 0.374 e. The summed E-state index contributed by atoms with van der Waals surface area (Å²) in [5.74, 6) is -0.343. The zero-order valence-corrected chi connectivity index (χ0v) is 8.75. The highest BCUT2D eigenvalue weighted by atomic mass is 32.1. The number of nitrogen functional groups attached to an aromatic ring is 1. The van der Waals surface area contributed by atoms with Crippen molar-refractivity contribution < 1.29 is 4.79 Å². The molecule has 0 atom stereocenters. The molecule has 0 fully saturated rings. The van der Waals surface area contributed by atoms with Gasteiger partial charge in [-0.25, -0.2) is 0 Å². The van der Waals surface area contributed by atoms with Crippen molar-refractivity contribution >= 4 is 22.4 Å². The van der Waals surface area contributed by atoms with E-state index in [1.54, 1.807) is 0 Å². The Labute approximate surface area is 85.9 Å². The standard InChI is InChI=1S/C7H13N5OS/c1-2-12(3-5(8)13)4-6-10-11-7(9)14-6/h2-4H2,1H3,(H2,8,13)(H2,9,11). The number of primary amides is 1. The third-order valence-corrected chi connectivity index (χ3v) is 2.41. The molecule has 0 saturated heterocycles. The van der Waals surface area contributed by atoms with Gasteiger partial charge in [0.25, 0.3) is 0 Å². The van der Waals surface area contributed by atoms with Crippen molar-refractivity contribution in [2.45, 2.75) is 13.5 Å². The maximum absolute atomic E-state index is 10.7. The lowest BCUT2D eigenvalue weighted by molar-refractivity contribution is -0.119. The fourth-order valence-electron chi connectivity index (χ4n) is 1.02. The van der Waals surface area contributed by atoms with E-state index in [2.05, 4.69) is 10.2 Å². The van der Waals surface area contributed by atoms with Crippen molar-refractivity contribution in [3.8, 4) is 0 Å². The monoisotopic (exact) mass is 215 g/mol. The molecule has 78 valence electrons. The van der Waals surface area contributed by atoms with Gasteiger partial charge < -0.3 is 11.5 Å². The number of aromatic nitrogens is 2. The van der Waals surface area contributed by atoms with Gasteiger partial charge in [-0.2, -0.15) is 0 Å². The number of hydrogen-bond donors (Lipinski definition) is 2. The molecule has 0 spiro atoms. The van der Waals surface area contributed by atoms with Gasteiger partial charge in [-0.1, -0.05) is 18.3 Å². The number of carbonyl (C=O) groups is 1. The minimum atomic E-state index is -0.343. The Balaban J connectivity index is 2.52. The normalized spacial score (nSPS) is 10.7. The van der Waals surface area contributed by atoms with E-state index in [9.17, 15) is 4.79 Å². The smallest absolute Gasteiger partial charge is 0.231 e. The van der Waals surface area contributed by atoms with Crippen LogP contribution in [0.15, 0.2) is 0 Å². The van der Waals surface area contributed by atoms with Crippen LogP contribution >= 0.6 is 11.3 Å². The van der Waals surface area contributed by atoms with Crippen LogP contribution in [0.1, 0.15) is 11.9 Å². The molecule has 0 unspecified atom stereocenters. The Hall–Kier alpha value is -1.21. The van der Waals surface area contributed by atoms with E-state index in [0.29, 0.717) is 11.7 Å². The van der Waals surface area contributed by atoms with Crippen LogP contribution in [-0.4, -0.2) is 34.1 Å². The number of nitrogens with zero attached hydrogens (tertiary/aromatic N) is 3. The zero-order chi connectivity index (χ0) is 10.6. The van der Waals surface area contributed by atoms with Crippen LogP contribution in [0.4, 0.5) is 5.13 Å². The Morgan fingerprint density at radius 3 is 2.71 bits per heavy atom. The molecule has 1 heterocycles. The molecule has 7 heteroatoms. The lowest BCUT2D eigenvalue weighted by atomic mass is 10.4. The average Bonchev–Trinajstić information content (AvgIpc) is 2.49. The molecule has 0 aliphatic carbocycles. The van der Waals surface area contributed by atoms with E-state index in [4.69, 9.17) is 11.5 Å². The van der Waals surface area contributed by atoms with Crippen LogP contribution in [0, 0.1) is 0 Å². The minimum absolute atomic E-state index is 0.232. The summed E-state index contributed by atoms with van der Waals surface area (Å²) in [5, 5.41) is 8.78. The number of nitrogens with two attached hydrogens (primary N) is 2. The molecule has 0 radical (unpaired) electrons. The third-order valence-electron chi connectivity index (χ3n) is 1.67. The molecule has 14 heavy (non-hydrogen) atoms. The second kappa shape index (κ2) is 4.87. The number of anilines is 1. The Morgan fingerprint density at radius 2 is 2.29 bits per heavy atom. The second-order valence-corrected chi connectivity index (χ2v) is 3.90. The van der Waals surface area contributed by atoms with Crippen LogP contribution in [0.25, 0.3) is 0 Å². The van der Waals surface area contributed by atoms with Gasteiger partial charge >= 0.3 is 0 Å². The molecule has 0 saturated carbocycles. The summed E-state index contributed by atoms with van der Waals surface area (Å²) in [6, 6.07) is 0. The van der Waals surface area contributed by atoms with E-state index in [1.165, 1.54) is 11.3 Å². The maximum atomic E-state index is 10.7. The lowest BCUT2D eigenvalue weighted by Crippen LogP contribution is -2.33. The van der Waals surface area contributed by atoms with Gasteiger partial charge in [0.1, 0.15) is 5.01 Å². The molecular weight excluding hydrogens is 202 g/mol. The summed E-state index contributed by atoms with van der Waals surface area (Å²) >= 11 is 1.32. The Bertz CT molecular complexity index is 313. The predicted molar refractivity (Wildman–Crippen MR) is 54.5 cm³/mol. The highest BCUT2D eigenvalue weighted by Gasteiger charge is 2.09. The third kappa shape index (κ3) is 3.27. The molecule has 4 N–H and O–H groups in total. The molecule has 1 rings (SSSR count). The van der Waals surface area contributed by atoms with Gasteiger partial charge in [0.05, 0.1) is 13.1 Å². The van der Waals surface area contributed by atoms with Crippen LogP contribution in [0.2, 0.25) is 0 Å². The highest BCUT2D eigenvalue weighted by Crippen LogP contribution is 2.12. The van der Waals surface area contributed by atoms with Crippen LogP contribution in [0.5, 0.6) is 0 Å². The quantitative estimate of drug-likeness (QED) is 0.685. The molecule has 6 nitrogen and oxygen atoms in total. The maximum Gasteiger partial charge on any atom is 0.231 e. The number of carbonyl (C=O) groups excluding carboxylic acids is 1. The fourth-order valence-corrected chi connectivity index (χ4v) is 1.67. The van der Waals surface area contributed by atoms with Crippen LogP contribution in [0.3, 0.4) is 0 Å². The fraction of sp³-hybridized carbons (Fsp3) is 0.571. The number of rotatable bonds is 5. The number of hydrogen-bond acceptors (Lipinski definition) is 6. The SMILES string of the molecule is CCN(CC(N)=O)Cc1nnc(N)s1. The molecule has 0 aliphatic heterocycles. The molecule has 1 amide bonds. The molecule has 1 aromatic heterocycles. The molecule has 1 aromatic rings. The predicted octanol–water partition coefficient (Wildman–Crippen LogP) is -0.573. The lowest BCUT2D eigenvalue weighted by Gasteiger charge is -2.15. The van der Waals surface area contributed by atoms with Crippen molar-refractivity contribution in [1.29, 1.82) is 0 Å². The van der Waals surface area contributed by atoms with Crippen molar-refractivity contribution in [3.63, 3.8) is 0 Å². The summed E-state index contributed by atoms with van der Waals surface area (Å²) in [6.45, 7) is 3.49. The first-order valence-electron chi connectivity index (χ1n) is 4.20. The van der Waals surface area contributed by atoms with Crippen molar-refractivity contribution in [2.75, 3.05) is 18.8 Å². The van der Waals surface area contributed by atoms with Gasteiger partial charge in [0, 0.05) is 0 Å². The van der Waals surface area contributed by atoms with Gasteiger partial charge in [0.15, 0.2) is 0 Å². The van der Waals surface area contributed by atoms with Gasteiger partial charge in [-0.3, -0.25) is 9.69 Å². The Kier molecular flexibility index (Phi) is 3.78. The first-order valence-corrected chi connectivity index (χ1v) is 5.02. The van der Waals surface area contributed by atoms with Gasteiger partial charge in [-0.05, 0) is 6.54 Å². The Morgan fingerprint density at radius 1 is 1.57 bits per heavy atom. The van der Waals surface area contributed by atoms with E-state index >= 15 is 0 Å². The van der Waals surface area contributed by atoms with Gasteiger partial charge in [-0.15, -0.1) is 10.2 Å². The van der Waals surface area contributed by atoms with Crippen LogP contribution < -0.4 is 11.5 Å². The highest BCUT2D eigenvalue weighted by molar-refractivity contribution is 7.15. The zero-order valence-electron chi connectivity index (χ0n) is 7.93. The van der Waals surface area contributed by atoms with Crippen LogP contribution in [-0.2, 0) is 11.3 Å². The average molecular weight is 215 g/mol. The van der Waals surface area contributed by atoms with Crippen molar-refractivity contribution in [2.24, 2.45) is 5.73 Å². The van der Waals surface area contributed by atoms with Crippen molar-refractivity contribution in [1.82, 2.24) is 15.1 Å². The molecular formula is C7H13N5OS. The summed E-state index contributed by atoms with van der Waals surface area (Å²) < 4.78 is 0. The first kappa shape index (κ1) is 10.9. The summed E-state index contributed by atoms with van der Waals surface area (Å²) in [6.07, 6.45) is 0. The minimum Gasteiger partial charge on any atom is -0.374 e. The molecule has 0 aromatic carbocycles. The van der Waals surface area contributed by atoms with Gasteiger partial charge in [0.2, 0.25) is 11.0 Å². The van der Waals surface area contributed by atoms with E-state index in [0.717, 1.165) is 11.6 Å². The number of amides is 1. The molecule has 0 bridgehead atoms. The summed E-state index contributed by atoms with van der Waals surface area (Å²) in [7, 11) is 0. The van der Waals surface area contributed by atoms with E-state index in [-0.39, 0.29) is 12.5 Å². The first-order chi connectivity index (χ1) is 6.61. The second-order valence-electron chi connectivity index (χ2n) is 2.80. The summed E-state index contributed by atoms with van der Waals surface area (Å²) in [5.41, 5.74) is 10.5. The topological polar surface area (TPSA) is 98.1 Å². The summed E-state index contributed by atoms with van der Waals surface area (Å²) in [4.78, 5) is 12.6. The number of likely N-dealkylation sites (N-methyl/N-ethyl adjacent to an activating group) is 1. The van der Waals surface area contributed by atoms with E-state index in [1.807, 2.05) is 11.8 Å².